The molecule has 2 fully saturated rings. The molecule has 2 heterocycles. The van der Waals surface area contributed by atoms with Crippen molar-refractivity contribution in [2.24, 2.45) is 18.7 Å². The highest BCUT2D eigenvalue weighted by Crippen LogP contribution is 2.38. The Morgan fingerprint density at radius 3 is 2.95 bits per heavy atom. The van der Waals surface area contributed by atoms with Crippen molar-refractivity contribution in [1.29, 1.82) is 0 Å². The first-order chi connectivity index (χ1) is 10.1. The third-order valence-electron chi connectivity index (χ3n) is 4.65. The maximum absolute atomic E-state index is 12.8. The normalized spacial score (nSPS) is 29.2. The highest BCUT2D eigenvalue weighted by Gasteiger charge is 2.55. The molecule has 1 aliphatic carbocycles. The van der Waals surface area contributed by atoms with Gasteiger partial charge >= 0.3 is 6.03 Å². The van der Waals surface area contributed by atoms with E-state index in [-0.39, 0.29) is 24.4 Å². The smallest absolute Gasteiger partial charge is 0.325 e. The van der Waals surface area contributed by atoms with Gasteiger partial charge in [-0.3, -0.25) is 14.4 Å². The molecule has 1 saturated heterocycles. The fraction of sp³-hybridized carbons (Fsp3) is 0.643. The Morgan fingerprint density at radius 2 is 2.29 bits per heavy atom. The number of carbonyl (C=O) groups is 2. The van der Waals surface area contributed by atoms with E-state index >= 15 is 0 Å². The quantitative estimate of drug-likeness (QED) is 0.786. The number of rotatable bonds is 3. The topological polar surface area (TPSA) is 93.3 Å². The number of hydrogen-bond acceptors (Lipinski definition) is 4. The molecule has 7 heteroatoms. The van der Waals surface area contributed by atoms with Gasteiger partial charge in [0.25, 0.3) is 5.91 Å². The van der Waals surface area contributed by atoms with E-state index in [1.54, 1.807) is 10.9 Å². The van der Waals surface area contributed by atoms with Gasteiger partial charge in [0, 0.05) is 19.2 Å². The molecular formula is C14H21N5O2. The van der Waals surface area contributed by atoms with E-state index in [2.05, 4.69) is 10.4 Å². The van der Waals surface area contributed by atoms with Gasteiger partial charge in [0.05, 0.1) is 12.2 Å². The summed E-state index contributed by atoms with van der Waals surface area (Å²) in [4.78, 5) is 26.3. The van der Waals surface area contributed by atoms with E-state index in [1.807, 2.05) is 13.1 Å². The average molecular weight is 291 g/mol. The van der Waals surface area contributed by atoms with Crippen molar-refractivity contribution < 1.29 is 9.59 Å². The average Bonchev–Trinajstić information content (AvgIpc) is 2.98. The summed E-state index contributed by atoms with van der Waals surface area (Å²) < 4.78 is 1.66. The lowest BCUT2D eigenvalue weighted by Crippen LogP contribution is -2.56. The molecule has 2 atom stereocenters. The van der Waals surface area contributed by atoms with E-state index in [4.69, 9.17) is 5.73 Å². The molecule has 114 valence electrons. The van der Waals surface area contributed by atoms with Crippen LogP contribution >= 0.6 is 0 Å². The summed E-state index contributed by atoms with van der Waals surface area (Å²) in [5, 5.41) is 7.15. The molecule has 7 nitrogen and oxygen atoms in total. The molecule has 0 radical (unpaired) electrons. The first-order valence-electron chi connectivity index (χ1n) is 7.39. The molecule has 1 aromatic rings. The molecule has 0 aromatic carbocycles. The van der Waals surface area contributed by atoms with Crippen LogP contribution in [0, 0.1) is 5.92 Å². The number of urea groups is 1. The van der Waals surface area contributed by atoms with Crippen LogP contribution in [0.15, 0.2) is 12.3 Å². The van der Waals surface area contributed by atoms with Gasteiger partial charge in [-0.1, -0.05) is 12.8 Å². The Balaban J connectivity index is 1.84. The second-order valence-electron chi connectivity index (χ2n) is 5.95. The Labute approximate surface area is 123 Å². The van der Waals surface area contributed by atoms with Gasteiger partial charge in [0.1, 0.15) is 5.54 Å². The lowest BCUT2D eigenvalue weighted by atomic mass is 9.72. The second kappa shape index (κ2) is 5.14. The van der Waals surface area contributed by atoms with Crippen LogP contribution in [0.5, 0.6) is 0 Å². The minimum atomic E-state index is -0.793. The van der Waals surface area contributed by atoms with Crippen LogP contribution in [0.1, 0.15) is 31.4 Å². The van der Waals surface area contributed by atoms with Crippen LogP contribution in [0.2, 0.25) is 0 Å². The van der Waals surface area contributed by atoms with Gasteiger partial charge in [0.2, 0.25) is 0 Å². The summed E-state index contributed by atoms with van der Waals surface area (Å²) in [5.41, 5.74) is 5.74. The van der Waals surface area contributed by atoms with E-state index in [1.165, 1.54) is 4.90 Å². The minimum absolute atomic E-state index is 0.0245. The number of imide groups is 1. The lowest BCUT2D eigenvalue weighted by molar-refractivity contribution is -0.134. The maximum Gasteiger partial charge on any atom is 0.325 e. The zero-order valence-electron chi connectivity index (χ0n) is 12.2. The first-order valence-corrected chi connectivity index (χ1v) is 7.39. The summed E-state index contributed by atoms with van der Waals surface area (Å²) in [6, 6.07) is 1.48. The number of aromatic nitrogens is 2. The molecule has 21 heavy (non-hydrogen) atoms. The van der Waals surface area contributed by atoms with Gasteiger partial charge in [-0.15, -0.1) is 0 Å². The van der Waals surface area contributed by atoms with Gasteiger partial charge < -0.3 is 11.1 Å². The fourth-order valence-electron chi connectivity index (χ4n) is 3.51. The van der Waals surface area contributed by atoms with Crippen molar-refractivity contribution in [3.63, 3.8) is 0 Å². The number of carbonyl (C=O) groups excluding carboxylic acids is 2. The summed E-state index contributed by atoms with van der Waals surface area (Å²) >= 11 is 0. The molecule has 3 amide bonds. The van der Waals surface area contributed by atoms with E-state index < -0.39 is 5.54 Å². The monoisotopic (exact) mass is 291 g/mol. The number of nitrogens with two attached hydrogens (primary N) is 1. The molecule has 1 saturated carbocycles. The number of amides is 3. The number of nitrogens with zero attached hydrogens (tertiary/aromatic N) is 3. The van der Waals surface area contributed by atoms with Crippen molar-refractivity contribution in [1.82, 2.24) is 20.0 Å². The van der Waals surface area contributed by atoms with Gasteiger partial charge in [-0.05, 0) is 25.5 Å². The van der Waals surface area contributed by atoms with Gasteiger partial charge in [-0.2, -0.15) is 5.10 Å². The first kappa shape index (κ1) is 14.1. The van der Waals surface area contributed by atoms with Crippen LogP contribution in [0.3, 0.4) is 0 Å². The standard InChI is InChI=1S/C14H21N5O2/c1-18-7-5-11(17-18)9-19-12(20)14(16-13(19)21)6-3-2-4-10(14)8-15/h5,7,10H,2-4,6,8-9,15H2,1H3,(H,16,21). The van der Waals surface area contributed by atoms with Gasteiger partial charge in [-0.25, -0.2) is 4.79 Å². The zero-order valence-corrected chi connectivity index (χ0v) is 12.2. The van der Waals surface area contributed by atoms with Crippen LogP contribution < -0.4 is 11.1 Å². The summed E-state index contributed by atoms with van der Waals surface area (Å²) in [6.45, 7) is 0.633. The molecule has 2 unspecified atom stereocenters. The van der Waals surface area contributed by atoms with E-state index in [9.17, 15) is 9.59 Å². The van der Waals surface area contributed by atoms with Crippen LogP contribution in [-0.4, -0.2) is 38.7 Å². The predicted molar refractivity (Wildman–Crippen MR) is 76.0 cm³/mol. The molecule has 2 aliphatic rings. The van der Waals surface area contributed by atoms with Crippen LogP contribution in [0.25, 0.3) is 0 Å². The Hall–Kier alpha value is -1.89. The number of nitrogens with one attached hydrogen (secondary N) is 1. The van der Waals surface area contributed by atoms with Crippen molar-refractivity contribution >= 4 is 11.9 Å². The Morgan fingerprint density at radius 1 is 1.48 bits per heavy atom. The molecule has 3 N–H and O–H groups in total. The molecule has 1 aliphatic heterocycles. The minimum Gasteiger partial charge on any atom is -0.330 e. The molecule has 0 bridgehead atoms. The van der Waals surface area contributed by atoms with Crippen molar-refractivity contribution in [2.75, 3.05) is 6.54 Å². The van der Waals surface area contributed by atoms with Crippen LogP contribution in [-0.2, 0) is 18.4 Å². The van der Waals surface area contributed by atoms with Gasteiger partial charge in [0.15, 0.2) is 0 Å². The Bertz CT molecular complexity index is 569. The third-order valence-corrected chi connectivity index (χ3v) is 4.65. The Kier molecular flexibility index (Phi) is 3.44. The van der Waals surface area contributed by atoms with Crippen molar-refractivity contribution in [3.8, 4) is 0 Å². The van der Waals surface area contributed by atoms with Crippen molar-refractivity contribution in [3.05, 3.63) is 18.0 Å². The maximum atomic E-state index is 12.8. The molecule has 1 spiro atoms. The largest absolute Gasteiger partial charge is 0.330 e. The second-order valence-corrected chi connectivity index (χ2v) is 5.95. The van der Waals surface area contributed by atoms with E-state index in [0.717, 1.165) is 19.3 Å². The fourth-order valence-corrected chi connectivity index (χ4v) is 3.51. The number of aryl methyl sites for hydroxylation is 1. The highest BCUT2D eigenvalue weighted by molar-refractivity contribution is 6.07. The highest BCUT2D eigenvalue weighted by atomic mass is 16.2. The third kappa shape index (κ3) is 2.21. The summed E-state index contributed by atoms with van der Waals surface area (Å²) in [6.07, 6.45) is 5.37. The van der Waals surface area contributed by atoms with Crippen molar-refractivity contribution in [2.45, 2.75) is 37.8 Å². The molecular weight excluding hydrogens is 270 g/mol. The zero-order chi connectivity index (χ0) is 15.0. The summed E-state index contributed by atoms with van der Waals surface area (Å²) in [7, 11) is 1.81. The number of hydrogen-bond donors (Lipinski definition) is 2. The van der Waals surface area contributed by atoms with Crippen LogP contribution in [0.4, 0.5) is 4.79 Å². The molecule has 1 aromatic heterocycles. The van der Waals surface area contributed by atoms with E-state index in [0.29, 0.717) is 18.7 Å². The summed E-state index contributed by atoms with van der Waals surface area (Å²) in [5.74, 6) is -0.121. The predicted octanol–water partition coefficient (Wildman–Crippen LogP) is 0.360. The molecule has 3 rings (SSSR count). The SMILES string of the molecule is Cn1ccc(CN2C(=O)NC3(CCCCC3CN)C2=O)n1. The lowest BCUT2D eigenvalue weighted by Gasteiger charge is -2.38.